The molecule has 106 valence electrons. The second-order valence-electron chi connectivity index (χ2n) is 4.96. The lowest BCUT2D eigenvalue weighted by molar-refractivity contribution is 0.136. The zero-order valence-electron chi connectivity index (χ0n) is 12.1. The molecule has 19 heavy (non-hydrogen) atoms. The molecule has 2 rings (SSSR count). The number of nitrogens with zero attached hydrogens (tertiary/aromatic N) is 1. The van der Waals surface area contributed by atoms with Crippen LogP contribution in [0.5, 0.6) is 11.5 Å². The lowest BCUT2D eigenvalue weighted by Crippen LogP contribution is -2.56. The molecule has 0 atom stereocenters. The van der Waals surface area contributed by atoms with Gasteiger partial charge < -0.3 is 14.8 Å². The van der Waals surface area contributed by atoms with Gasteiger partial charge in [0.1, 0.15) is 11.5 Å². The fraction of sp³-hybridized carbons (Fsp3) is 0.600. The Morgan fingerprint density at radius 1 is 1.26 bits per heavy atom. The first-order valence-corrected chi connectivity index (χ1v) is 6.94. The van der Waals surface area contributed by atoms with Crippen molar-refractivity contribution < 1.29 is 9.47 Å². The molecule has 1 aromatic carbocycles. The largest absolute Gasteiger partial charge is 0.497 e. The smallest absolute Gasteiger partial charge is 0.127 e. The molecule has 1 N–H and O–H groups in total. The van der Waals surface area contributed by atoms with E-state index >= 15 is 0 Å². The van der Waals surface area contributed by atoms with E-state index in [4.69, 9.17) is 9.47 Å². The highest BCUT2D eigenvalue weighted by Crippen LogP contribution is 2.26. The lowest BCUT2D eigenvalue weighted by Gasteiger charge is -2.38. The average molecular weight is 264 g/mol. The first-order chi connectivity index (χ1) is 9.28. The van der Waals surface area contributed by atoms with Crippen LogP contribution in [-0.4, -0.2) is 44.8 Å². The second-order valence-corrected chi connectivity index (χ2v) is 4.96. The summed E-state index contributed by atoms with van der Waals surface area (Å²) < 4.78 is 10.7. The van der Waals surface area contributed by atoms with Crippen LogP contribution in [0, 0.1) is 0 Å². The van der Waals surface area contributed by atoms with Gasteiger partial charge in [0.05, 0.1) is 14.2 Å². The Balaban J connectivity index is 2.10. The zero-order valence-corrected chi connectivity index (χ0v) is 12.1. The Hall–Kier alpha value is -1.26. The van der Waals surface area contributed by atoms with E-state index in [1.807, 2.05) is 12.1 Å². The average Bonchev–Trinajstić information content (AvgIpc) is 2.37. The molecule has 0 amide bonds. The molecule has 0 unspecified atom stereocenters. The van der Waals surface area contributed by atoms with Gasteiger partial charge in [-0.1, -0.05) is 13.0 Å². The summed E-state index contributed by atoms with van der Waals surface area (Å²) in [5, 5.41) is 3.34. The van der Waals surface area contributed by atoms with E-state index in [0.717, 1.165) is 37.7 Å². The normalized spacial score (nSPS) is 15.4. The Morgan fingerprint density at radius 3 is 2.58 bits per heavy atom. The van der Waals surface area contributed by atoms with E-state index < -0.39 is 0 Å². The number of nitrogens with one attached hydrogen (secondary N) is 1. The summed E-state index contributed by atoms with van der Waals surface area (Å²) in [6.07, 6.45) is 1.18. The first-order valence-electron chi connectivity index (χ1n) is 6.94. The number of hydrogen-bond donors (Lipinski definition) is 1. The summed E-state index contributed by atoms with van der Waals surface area (Å²) in [4.78, 5) is 2.53. The highest BCUT2D eigenvalue weighted by atomic mass is 16.5. The third-order valence-electron chi connectivity index (χ3n) is 3.65. The minimum atomic E-state index is 0.659. The number of methoxy groups -OCH3 is 2. The number of benzene rings is 1. The highest BCUT2D eigenvalue weighted by Gasteiger charge is 2.24. The molecule has 0 bridgehead atoms. The van der Waals surface area contributed by atoms with Crippen molar-refractivity contribution in [1.82, 2.24) is 10.2 Å². The predicted octanol–water partition coefficient (Wildman–Crippen LogP) is 1.89. The topological polar surface area (TPSA) is 33.7 Å². The van der Waals surface area contributed by atoms with Crippen LogP contribution in [0.2, 0.25) is 0 Å². The molecule has 0 aromatic heterocycles. The third-order valence-corrected chi connectivity index (χ3v) is 3.65. The van der Waals surface area contributed by atoms with E-state index in [1.165, 1.54) is 12.0 Å². The molecule has 1 aliphatic rings. The molecule has 1 aromatic rings. The molecular weight excluding hydrogens is 240 g/mol. The van der Waals surface area contributed by atoms with Gasteiger partial charge in [0.15, 0.2) is 0 Å². The summed E-state index contributed by atoms with van der Waals surface area (Å²) in [5.74, 6) is 1.75. The van der Waals surface area contributed by atoms with Crippen molar-refractivity contribution in [2.45, 2.75) is 25.9 Å². The minimum Gasteiger partial charge on any atom is -0.497 e. The third kappa shape index (κ3) is 3.39. The Morgan fingerprint density at radius 2 is 2.05 bits per heavy atom. The Bertz CT molecular complexity index is 405. The molecule has 0 spiro atoms. The molecule has 1 fully saturated rings. The quantitative estimate of drug-likeness (QED) is 0.815. The maximum absolute atomic E-state index is 5.48. The van der Waals surface area contributed by atoms with E-state index in [2.05, 4.69) is 23.2 Å². The van der Waals surface area contributed by atoms with E-state index in [0.29, 0.717) is 6.04 Å². The maximum atomic E-state index is 5.48. The van der Waals surface area contributed by atoms with Gasteiger partial charge in [-0.05, 0) is 19.0 Å². The fourth-order valence-electron chi connectivity index (χ4n) is 2.41. The maximum Gasteiger partial charge on any atom is 0.127 e. The van der Waals surface area contributed by atoms with Crippen molar-refractivity contribution in [1.29, 1.82) is 0 Å². The molecule has 0 aliphatic carbocycles. The summed E-state index contributed by atoms with van der Waals surface area (Å²) in [6, 6.07) is 6.72. The number of rotatable bonds is 7. The van der Waals surface area contributed by atoms with E-state index in [9.17, 15) is 0 Å². The van der Waals surface area contributed by atoms with Crippen LogP contribution in [-0.2, 0) is 6.54 Å². The lowest BCUT2D eigenvalue weighted by atomic mass is 10.1. The van der Waals surface area contributed by atoms with Gasteiger partial charge in [-0.2, -0.15) is 0 Å². The van der Waals surface area contributed by atoms with E-state index in [1.54, 1.807) is 14.2 Å². The van der Waals surface area contributed by atoms with Crippen LogP contribution < -0.4 is 14.8 Å². The molecule has 4 nitrogen and oxygen atoms in total. The van der Waals surface area contributed by atoms with Gasteiger partial charge >= 0.3 is 0 Å². The van der Waals surface area contributed by atoms with Crippen molar-refractivity contribution in [2.75, 3.05) is 33.9 Å². The Labute approximate surface area is 115 Å². The van der Waals surface area contributed by atoms with Crippen LogP contribution in [0.1, 0.15) is 18.9 Å². The van der Waals surface area contributed by atoms with Crippen molar-refractivity contribution >= 4 is 0 Å². The van der Waals surface area contributed by atoms with Crippen LogP contribution in [0.25, 0.3) is 0 Å². The first kappa shape index (κ1) is 14.2. The molecule has 1 heterocycles. The predicted molar refractivity (Wildman–Crippen MR) is 76.9 cm³/mol. The molecule has 1 aliphatic heterocycles. The van der Waals surface area contributed by atoms with E-state index in [-0.39, 0.29) is 0 Å². The minimum absolute atomic E-state index is 0.659. The molecular formula is C15H24N2O2. The summed E-state index contributed by atoms with van der Waals surface area (Å²) in [7, 11) is 3.39. The molecule has 4 heteroatoms. The van der Waals surface area contributed by atoms with Gasteiger partial charge in [0, 0.05) is 37.3 Å². The Kier molecular flexibility index (Phi) is 5.05. The van der Waals surface area contributed by atoms with Crippen molar-refractivity contribution in [2.24, 2.45) is 0 Å². The molecule has 0 saturated carbocycles. The van der Waals surface area contributed by atoms with Gasteiger partial charge in [-0.25, -0.2) is 0 Å². The van der Waals surface area contributed by atoms with Gasteiger partial charge in [0.25, 0.3) is 0 Å². The highest BCUT2D eigenvalue weighted by molar-refractivity contribution is 5.40. The zero-order chi connectivity index (χ0) is 13.7. The van der Waals surface area contributed by atoms with Crippen LogP contribution in [0.15, 0.2) is 18.2 Å². The number of hydrogen-bond acceptors (Lipinski definition) is 4. The van der Waals surface area contributed by atoms with Gasteiger partial charge in [0.2, 0.25) is 0 Å². The fourth-order valence-corrected chi connectivity index (χ4v) is 2.41. The van der Waals surface area contributed by atoms with Crippen LogP contribution in [0.3, 0.4) is 0 Å². The van der Waals surface area contributed by atoms with Crippen molar-refractivity contribution in [3.63, 3.8) is 0 Å². The SMILES string of the molecule is CCCN(Cc1ccc(OC)cc1OC)C1CNC1. The number of ether oxygens (including phenoxy) is 2. The van der Waals surface area contributed by atoms with Crippen molar-refractivity contribution in [3.05, 3.63) is 23.8 Å². The summed E-state index contributed by atoms with van der Waals surface area (Å²) in [6.45, 7) is 6.48. The van der Waals surface area contributed by atoms with Gasteiger partial charge in [-0.15, -0.1) is 0 Å². The van der Waals surface area contributed by atoms with Gasteiger partial charge in [-0.3, -0.25) is 4.90 Å². The monoisotopic (exact) mass is 264 g/mol. The molecule has 1 saturated heterocycles. The summed E-state index contributed by atoms with van der Waals surface area (Å²) in [5.41, 5.74) is 1.23. The van der Waals surface area contributed by atoms with Crippen LogP contribution >= 0.6 is 0 Å². The standard InChI is InChI=1S/C15H24N2O2/c1-4-7-17(13-9-16-10-13)11-12-5-6-14(18-2)8-15(12)19-3/h5-6,8,13,16H,4,7,9-11H2,1-3H3. The van der Waals surface area contributed by atoms with Crippen LogP contribution in [0.4, 0.5) is 0 Å². The second kappa shape index (κ2) is 6.78. The molecule has 0 radical (unpaired) electrons. The summed E-state index contributed by atoms with van der Waals surface area (Å²) >= 11 is 0. The van der Waals surface area contributed by atoms with Crippen molar-refractivity contribution in [3.8, 4) is 11.5 Å².